The average molecular weight is 235 g/mol. The van der Waals surface area contributed by atoms with Crippen LogP contribution in [-0.4, -0.2) is 29.2 Å². The van der Waals surface area contributed by atoms with Gasteiger partial charge in [-0.1, -0.05) is 20.3 Å². The second kappa shape index (κ2) is 5.96. The Balaban J connectivity index is 1.99. The van der Waals surface area contributed by atoms with Gasteiger partial charge in [-0.2, -0.15) is 0 Å². The van der Waals surface area contributed by atoms with Crippen molar-refractivity contribution in [2.45, 2.75) is 39.2 Å². The standard InChI is InChI=1S/C13H21N3O/c1-3-4-11-7-13(16-9-15-11)17-12-8-14-6-5-10(12)2/h7,9-10,12,14H,3-6,8H2,1-2H3. The molecule has 2 rings (SSSR count). The Morgan fingerprint density at radius 2 is 2.35 bits per heavy atom. The first-order valence-electron chi connectivity index (χ1n) is 6.48. The molecule has 94 valence electrons. The minimum atomic E-state index is 0.230. The van der Waals surface area contributed by atoms with Gasteiger partial charge in [-0.15, -0.1) is 0 Å². The highest BCUT2D eigenvalue weighted by atomic mass is 16.5. The van der Waals surface area contributed by atoms with E-state index >= 15 is 0 Å². The van der Waals surface area contributed by atoms with E-state index in [0.717, 1.165) is 38.0 Å². The summed E-state index contributed by atoms with van der Waals surface area (Å²) in [7, 11) is 0. The van der Waals surface area contributed by atoms with Crippen molar-refractivity contribution in [1.29, 1.82) is 0 Å². The number of aryl methyl sites for hydroxylation is 1. The minimum Gasteiger partial charge on any atom is -0.473 e. The van der Waals surface area contributed by atoms with Crippen LogP contribution >= 0.6 is 0 Å². The normalized spacial score (nSPS) is 24.6. The van der Waals surface area contributed by atoms with Crippen molar-refractivity contribution < 1.29 is 4.74 Å². The van der Waals surface area contributed by atoms with E-state index < -0.39 is 0 Å². The molecule has 2 atom stereocenters. The Bertz CT molecular complexity index is 356. The van der Waals surface area contributed by atoms with E-state index in [-0.39, 0.29) is 6.10 Å². The summed E-state index contributed by atoms with van der Waals surface area (Å²) in [5.74, 6) is 1.30. The number of hydrogen-bond donors (Lipinski definition) is 1. The molecule has 1 aromatic rings. The SMILES string of the molecule is CCCc1cc(OC2CNCCC2C)ncn1. The number of nitrogens with zero attached hydrogens (tertiary/aromatic N) is 2. The fraction of sp³-hybridized carbons (Fsp3) is 0.692. The van der Waals surface area contributed by atoms with Crippen LogP contribution in [0.5, 0.6) is 5.88 Å². The number of rotatable bonds is 4. The summed E-state index contributed by atoms with van der Waals surface area (Å²) in [6, 6.07) is 1.96. The van der Waals surface area contributed by atoms with Crippen LogP contribution in [0.3, 0.4) is 0 Å². The van der Waals surface area contributed by atoms with Crippen molar-refractivity contribution >= 4 is 0 Å². The van der Waals surface area contributed by atoms with Crippen LogP contribution in [-0.2, 0) is 6.42 Å². The summed E-state index contributed by atoms with van der Waals surface area (Å²) in [6.07, 6.45) is 5.07. The van der Waals surface area contributed by atoms with E-state index in [1.54, 1.807) is 6.33 Å². The van der Waals surface area contributed by atoms with Gasteiger partial charge in [0.05, 0.1) is 0 Å². The Hall–Kier alpha value is -1.16. The van der Waals surface area contributed by atoms with Gasteiger partial charge in [0.1, 0.15) is 12.4 Å². The molecule has 1 fully saturated rings. The lowest BCUT2D eigenvalue weighted by atomic mass is 9.97. The highest BCUT2D eigenvalue weighted by Crippen LogP contribution is 2.18. The van der Waals surface area contributed by atoms with Crippen LogP contribution in [0.1, 0.15) is 32.4 Å². The molecule has 17 heavy (non-hydrogen) atoms. The van der Waals surface area contributed by atoms with Gasteiger partial charge in [0.2, 0.25) is 5.88 Å². The van der Waals surface area contributed by atoms with E-state index in [1.807, 2.05) is 6.07 Å². The molecule has 2 heterocycles. The van der Waals surface area contributed by atoms with Gasteiger partial charge >= 0.3 is 0 Å². The van der Waals surface area contributed by atoms with Crippen LogP contribution in [0.4, 0.5) is 0 Å². The Morgan fingerprint density at radius 1 is 1.47 bits per heavy atom. The van der Waals surface area contributed by atoms with Crippen molar-refractivity contribution in [1.82, 2.24) is 15.3 Å². The summed E-state index contributed by atoms with van der Waals surface area (Å²) in [6.45, 7) is 6.38. The number of piperidine rings is 1. The third kappa shape index (κ3) is 3.40. The monoisotopic (exact) mass is 235 g/mol. The topological polar surface area (TPSA) is 47.0 Å². The smallest absolute Gasteiger partial charge is 0.216 e. The second-order valence-corrected chi connectivity index (χ2v) is 4.72. The Kier molecular flexibility index (Phi) is 4.31. The lowest BCUT2D eigenvalue weighted by Gasteiger charge is -2.29. The molecule has 0 radical (unpaired) electrons. The zero-order valence-corrected chi connectivity index (χ0v) is 10.6. The highest BCUT2D eigenvalue weighted by Gasteiger charge is 2.23. The van der Waals surface area contributed by atoms with Gasteiger partial charge in [-0.3, -0.25) is 0 Å². The molecule has 4 heteroatoms. The maximum absolute atomic E-state index is 5.94. The molecule has 1 N–H and O–H groups in total. The van der Waals surface area contributed by atoms with Crippen LogP contribution in [0.25, 0.3) is 0 Å². The van der Waals surface area contributed by atoms with Crippen LogP contribution in [0, 0.1) is 5.92 Å². The van der Waals surface area contributed by atoms with Gasteiger partial charge in [0.25, 0.3) is 0 Å². The molecule has 1 aliphatic rings. The van der Waals surface area contributed by atoms with E-state index in [4.69, 9.17) is 4.74 Å². The van der Waals surface area contributed by atoms with Crippen LogP contribution in [0.15, 0.2) is 12.4 Å². The molecule has 0 amide bonds. The lowest BCUT2D eigenvalue weighted by Crippen LogP contribution is -2.43. The Labute approximate surface area is 103 Å². The van der Waals surface area contributed by atoms with Gasteiger partial charge < -0.3 is 10.1 Å². The minimum absolute atomic E-state index is 0.230. The number of ether oxygens (including phenoxy) is 1. The molecular weight excluding hydrogens is 214 g/mol. The van der Waals surface area contributed by atoms with Crippen molar-refractivity contribution in [3.63, 3.8) is 0 Å². The van der Waals surface area contributed by atoms with Crippen molar-refractivity contribution in [3.05, 3.63) is 18.1 Å². The molecule has 0 aliphatic carbocycles. The fourth-order valence-corrected chi connectivity index (χ4v) is 2.11. The number of nitrogens with one attached hydrogen (secondary N) is 1. The maximum atomic E-state index is 5.94. The zero-order valence-electron chi connectivity index (χ0n) is 10.6. The molecule has 0 aromatic carbocycles. The average Bonchev–Trinajstić information content (AvgIpc) is 2.33. The first-order chi connectivity index (χ1) is 8.29. The van der Waals surface area contributed by atoms with E-state index in [2.05, 4.69) is 29.1 Å². The summed E-state index contributed by atoms with van der Waals surface area (Å²) in [5.41, 5.74) is 1.06. The van der Waals surface area contributed by atoms with E-state index in [9.17, 15) is 0 Å². The highest BCUT2D eigenvalue weighted by molar-refractivity contribution is 5.14. The lowest BCUT2D eigenvalue weighted by molar-refractivity contribution is 0.109. The molecule has 2 unspecified atom stereocenters. The summed E-state index contributed by atoms with van der Waals surface area (Å²) < 4.78 is 5.94. The molecular formula is C13H21N3O. The molecule has 1 aliphatic heterocycles. The molecule has 0 bridgehead atoms. The Morgan fingerprint density at radius 3 is 3.12 bits per heavy atom. The first-order valence-corrected chi connectivity index (χ1v) is 6.48. The largest absolute Gasteiger partial charge is 0.473 e. The van der Waals surface area contributed by atoms with Gasteiger partial charge in [-0.25, -0.2) is 9.97 Å². The van der Waals surface area contributed by atoms with E-state index in [0.29, 0.717) is 11.8 Å². The van der Waals surface area contributed by atoms with E-state index in [1.165, 1.54) is 0 Å². The van der Waals surface area contributed by atoms with Crippen LogP contribution in [0.2, 0.25) is 0 Å². The predicted octanol–water partition coefficient (Wildman–Crippen LogP) is 1.81. The first kappa shape index (κ1) is 12.3. The molecule has 1 aromatic heterocycles. The zero-order chi connectivity index (χ0) is 12.1. The fourth-order valence-electron chi connectivity index (χ4n) is 2.11. The summed E-state index contributed by atoms with van der Waals surface area (Å²) in [4.78, 5) is 8.42. The predicted molar refractivity (Wildman–Crippen MR) is 67.1 cm³/mol. The quantitative estimate of drug-likeness (QED) is 0.864. The second-order valence-electron chi connectivity index (χ2n) is 4.72. The maximum Gasteiger partial charge on any atom is 0.216 e. The number of aromatic nitrogens is 2. The summed E-state index contributed by atoms with van der Waals surface area (Å²) in [5, 5.41) is 3.36. The van der Waals surface area contributed by atoms with Crippen LogP contribution < -0.4 is 10.1 Å². The molecule has 1 saturated heterocycles. The van der Waals surface area contributed by atoms with Crippen molar-refractivity contribution in [2.75, 3.05) is 13.1 Å². The molecule has 0 spiro atoms. The number of hydrogen-bond acceptors (Lipinski definition) is 4. The van der Waals surface area contributed by atoms with Gasteiger partial charge in [-0.05, 0) is 25.3 Å². The third-order valence-electron chi connectivity index (χ3n) is 3.23. The molecule has 4 nitrogen and oxygen atoms in total. The molecule has 0 saturated carbocycles. The third-order valence-corrected chi connectivity index (χ3v) is 3.23. The van der Waals surface area contributed by atoms with Gasteiger partial charge in [0, 0.05) is 18.3 Å². The van der Waals surface area contributed by atoms with Crippen molar-refractivity contribution in [2.24, 2.45) is 5.92 Å². The van der Waals surface area contributed by atoms with Gasteiger partial charge in [0.15, 0.2) is 0 Å². The summed E-state index contributed by atoms with van der Waals surface area (Å²) >= 11 is 0. The van der Waals surface area contributed by atoms with Crippen molar-refractivity contribution in [3.8, 4) is 5.88 Å².